The van der Waals surface area contributed by atoms with Crippen LogP contribution in [0.25, 0.3) is 0 Å². The van der Waals surface area contributed by atoms with Crippen LogP contribution in [-0.4, -0.2) is 37.6 Å². The molecule has 2 heteroatoms. The zero-order valence-corrected chi connectivity index (χ0v) is 14.2. The first-order chi connectivity index (χ1) is 10.3. The molecule has 2 atom stereocenters. The van der Waals surface area contributed by atoms with Crippen LogP contribution in [0, 0.1) is 17.3 Å². The Labute approximate surface area is 132 Å². The number of fused-ring (bicyclic) bond motifs is 1. The Morgan fingerprint density at radius 2 is 1.76 bits per heavy atom. The summed E-state index contributed by atoms with van der Waals surface area (Å²) < 4.78 is 0. The predicted molar refractivity (Wildman–Crippen MR) is 90.6 cm³/mol. The summed E-state index contributed by atoms with van der Waals surface area (Å²) in [6, 6.07) is 0. The van der Waals surface area contributed by atoms with E-state index in [0.717, 1.165) is 11.8 Å². The number of hydrogen-bond acceptors (Lipinski definition) is 2. The summed E-state index contributed by atoms with van der Waals surface area (Å²) in [7, 11) is 0. The SMILES string of the molecule is CCCNCC1(CN2CCC3CCCCC3C2)CCCC1. The topological polar surface area (TPSA) is 15.3 Å². The van der Waals surface area contributed by atoms with Gasteiger partial charge in [0.05, 0.1) is 0 Å². The molecule has 2 unspecified atom stereocenters. The molecule has 0 spiro atoms. The van der Waals surface area contributed by atoms with Crippen molar-refractivity contribution >= 4 is 0 Å². The highest BCUT2D eigenvalue weighted by Gasteiger charge is 2.38. The van der Waals surface area contributed by atoms with Gasteiger partial charge in [0.25, 0.3) is 0 Å². The number of rotatable bonds is 6. The molecule has 3 rings (SSSR count). The summed E-state index contributed by atoms with van der Waals surface area (Å²) in [5.74, 6) is 2.11. The molecular weight excluding hydrogens is 256 g/mol. The van der Waals surface area contributed by atoms with E-state index < -0.39 is 0 Å². The van der Waals surface area contributed by atoms with Gasteiger partial charge in [-0.2, -0.15) is 0 Å². The molecule has 0 aromatic rings. The molecular formula is C19H36N2. The molecule has 2 nitrogen and oxygen atoms in total. The van der Waals surface area contributed by atoms with Crippen LogP contribution in [-0.2, 0) is 0 Å². The lowest BCUT2D eigenvalue weighted by Crippen LogP contribution is -2.48. The molecule has 0 aromatic heterocycles. The molecule has 21 heavy (non-hydrogen) atoms. The lowest BCUT2D eigenvalue weighted by Gasteiger charge is -2.44. The first-order valence-electron chi connectivity index (χ1n) is 9.74. The Morgan fingerprint density at radius 3 is 2.52 bits per heavy atom. The maximum Gasteiger partial charge on any atom is 0.00503 e. The molecule has 0 radical (unpaired) electrons. The fourth-order valence-electron chi connectivity index (χ4n) is 5.34. The van der Waals surface area contributed by atoms with E-state index in [4.69, 9.17) is 0 Å². The third-order valence-electron chi connectivity index (χ3n) is 6.53. The number of likely N-dealkylation sites (tertiary alicyclic amines) is 1. The second kappa shape index (κ2) is 7.46. The average molecular weight is 293 g/mol. The molecule has 122 valence electrons. The van der Waals surface area contributed by atoms with Gasteiger partial charge >= 0.3 is 0 Å². The molecule has 1 N–H and O–H groups in total. The Hall–Kier alpha value is -0.0800. The molecule has 1 aliphatic heterocycles. The Kier molecular flexibility index (Phi) is 5.61. The van der Waals surface area contributed by atoms with Crippen LogP contribution in [0.3, 0.4) is 0 Å². The minimum atomic E-state index is 0.608. The number of hydrogen-bond donors (Lipinski definition) is 1. The third kappa shape index (κ3) is 4.01. The average Bonchev–Trinajstić information content (AvgIpc) is 2.96. The van der Waals surface area contributed by atoms with E-state index in [-0.39, 0.29) is 0 Å². The van der Waals surface area contributed by atoms with Crippen molar-refractivity contribution in [1.29, 1.82) is 0 Å². The Balaban J connectivity index is 1.53. The van der Waals surface area contributed by atoms with Crippen molar-refractivity contribution in [2.24, 2.45) is 17.3 Å². The van der Waals surface area contributed by atoms with Crippen molar-refractivity contribution in [2.75, 3.05) is 32.7 Å². The molecule has 2 saturated carbocycles. The Morgan fingerprint density at radius 1 is 1.00 bits per heavy atom. The van der Waals surface area contributed by atoms with Gasteiger partial charge in [0, 0.05) is 19.6 Å². The van der Waals surface area contributed by atoms with Gasteiger partial charge in [0.15, 0.2) is 0 Å². The highest BCUT2D eigenvalue weighted by molar-refractivity contribution is 4.92. The smallest absolute Gasteiger partial charge is 0.00503 e. The minimum Gasteiger partial charge on any atom is -0.316 e. The number of nitrogens with zero attached hydrogens (tertiary/aromatic N) is 1. The van der Waals surface area contributed by atoms with Crippen LogP contribution in [0.1, 0.15) is 71.1 Å². The lowest BCUT2D eigenvalue weighted by atomic mass is 9.74. The van der Waals surface area contributed by atoms with Crippen LogP contribution in [0.4, 0.5) is 0 Å². The molecule has 1 heterocycles. The maximum atomic E-state index is 3.74. The zero-order chi connectivity index (χ0) is 14.5. The van der Waals surface area contributed by atoms with Gasteiger partial charge in [-0.1, -0.05) is 39.0 Å². The van der Waals surface area contributed by atoms with Crippen LogP contribution < -0.4 is 5.32 Å². The van der Waals surface area contributed by atoms with Crippen molar-refractivity contribution in [3.63, 3.8) is 0 Å². The van der Waals surface area contributed by atoms with Gasteiger partial charge in [-0.3, -0.25) is 0 Å². The second-order valence-corrected chi connectivity index (χ2v) is 8.21. The van der Waals surface area contributed by atoms with Gasteiger partial charge in [-0.15, -0.1) is 0 Å². The summed E-state index contributed by atoms with van der Waals surface area (Å²) in [6.07, 6.45) is 14.7. The van der Waals surface area contributed by atoms with Crippen LogP contribution in [0.5, 0.6) is 0 Å². The molecule has 0 aromatic carbocycles. The monoisotopic (exact) mass is 292 g/mol. The predicted octanol–water partition coefficient (Wildman–Crippen LogP) is 4.06. The lowest BCUT2D eigenvalue weighted by molar-refractivity contribution is 0.0524. The molecule has 2 aliphatic carbocycles. The summed E-state index contributed by atoms with van der Waals surface area (Å²) in [6.45, 7) is 8.93. The summed E-state index contributed by atoms with van der Waals surface area (Å²) in [4.78, 5) is 2.85. The number of piperidine rings is 1. The quantitative estimate of drug-likeness (QED) is 0.743. The minimum absolute atomic E-state index is 0.608. The fraction of sp³-hybridized carbons (Fsp3) is 1.00. The van der Waals surface area contributed by atoms with Gasteiger partial charge in [0.1, 0.15) is 0 Å². The van der Waals surface area contributed by atoms with Gasteiger partial charge in [0.2, 0.25) is 0 Å². The van der Waals surface area contributed by atoms with Crippen molar-refractivity contribution in [1.82, 2.24) is 10.2 Å². The van der Waals surface area contributed by atoms with Crippen molar-refractivity contribution < 1.29 is 0 Å². The van der Waals surface area contributed by atoms with Crippen molar-refractivity contribution in [3.05, 3.63) is 0 Å². The van der Waals surface area contributed by atoms with E-state index in [1.54, 1.807) is 0 Å². The fourth-order valence-corrected chi connectivity index (χ4v) is 5.34. The third-order valence-corrected chi connectivity index (χ3v) is 6.53. The van der Waals surface area contributed by atoms with Crippen LogP contribution in [0.2, 0.25) is 0 Å². The maximum absolute atomic E-state index is 3.74. The van der Waals surface area contributed by atoms with E-state index in [1.165, 1.54) is 96.9 Å². The second-order valence-electron chi connectivity index (χ2n) is 8.21. The zero-order valence-electron chi connectivity index (χ0n) is 14.2. The van der Waals surface area contributed by atoms with Gasteiger partial charge in [-0.25, -0.2) is 0 Å². The summed E-state index contributed by atoms with van der Waals surface area (Å²) >= 11 is 0. The standard InChI is InChI=1S/C19H36N2/c1-2-12-20-15-19(10-5-6-11-19)16-21-13-9-17-7-3-4-8-18(17)14-21/h17-18,20H,2-16H2,1H3. The first-order valence-corrected chi connectivity index (χ1v) is 9.74. The summed E-state index contributed by atoms with van der Waals surface area (Å²) in [5.41, 5.74) is 0.608. The highest BCUT2D eigenvalue weighted by Crippen LogP contribution is 2.41. The molecule has 3 aliphatic rings. The van der Waals surface area contributed by atoms with E-state index in [1.807, 2.05) is 0 Å². The summed E-state index contributed by atoms with van der Waals surface area (Å²) in [5, 5.41) is 3.74. The Bertz CT molecular complexity index is 309. The van der Waals surface area contributed by atoms with Crippen LogP contribution in [0.15, 0.2) is 0 Å². The molecule has 1 saturated heterocycles. The molecule has 3 fully saturated rings. The molecule has 0 bridgehead atoms. The van der Waals surface area contributed by atoms with Crippen molar-refractivity contribution in [3.8, 4) is 0 Å². The van der Waals surface area contributed by atoms with Gasteiger partial charge in [-0.05, 0) is 62.4 Å². The van der Waals surface area contributed by atoms with Crippen molar-refractivity contribution in [2.45, 2.75) is 71.1 Å². The largest absolute Gasteiger partial charge is 0.316 e. The number of nitrogens with one attached hydrogen (secondary N) is 1. The van der Waals surface area contributed by atoms with Crippen LogP contribution >= 0.6 is 0 Å². The highest BCUT2D eigenvalue weighted by atomic mass is 15.1. The normalized spacial score (nSPS) is 33.0. The van der Waals surface area contributed by atoms with Gasteiger partial charge < -0.3 is 10.2 Å². The first kappa shape index (κ1) is 15.8. The van der Waals surface area contributed by atoms with E-state index in [2.05, 4.69) is 17.1 Å². The molecule has 0 amide bonds. The van der Waals surface area contributed by atoms with E-state index in [9.17, 15) is 0 Å². The van der Waals surface area contributed by atoms with E-state index >= 15 is 0 Å². The van der Waals surface area contributed by atoms with E-state index in [0.29, 0.717) is 5.41 Å².